The third kappa shape index (κ3) is 4.63. The van der Waals surface area contributed by atoms with E-state index >= 15 is 0 Å². The van der Waals surface area contributed by atoms with Crippen LogP contribution in [0.5, 0.6) is 0 Å². The molecule has 0 heterocycles. The molecule has 4 N–H and O–H groups in total. The van der Waals surface area contributed by atoms with Crippen LogP contribution in [-0.2, 0) is 10.2 Å². The van der Waals surface area contributed by atoms with Gasteiger partial charge in [-0.1, -0.05) is 37.6 Å². The monoisotopic (exact) mass is 325 g/mol. The van der Waals surface area contributed by atoms with Gasteiger partial charge in [0, 0.05) is 17.0 Å². The first-order chi connectivity index (χ1) is 10.3. The number of amides is 3. The minimum atomic E-state index is -0.711. The van der Waals surface area contributed by atoms with Gasteiger partial charge >= 0.3 is 6.03 Å². The number of carbonyl (C=O) groups is 2. The van der Waals surface area contributed by atoms with E-state index < -0.39 is 12.1 Å². The Morgan fingerprint density at radius 1 is 1.23 bits per heavy atom. The molecule has 22 heavy (non-hydrogen) atoms. The van der Waals surface area contributed by atoms with E-state index in [9.17, 15) is 9.59 Å². The fourth-order valence-corrected chi connectivity index (χ4v) is 2.63. The maximum Gasteiger partial charge on any atom is 0.312 e. The number of urea groups is 1. The van der Waals surface area contributed by atoms with Crippen LogP contribution >= 0.6 is 11.6 Å². The van der Waals surface area contributed by atoms with Gasteiger partial charge in [-0.2, -0.15) is 0 Å². The lowest BCUT2D eigenvalue weighted by Crippen LogP contribution is -2.49. The third-order valence-electron chi connectivity index (χ3n) is 4.16. The van der Waals surface area contributed by atoms with Gasteiger partial charge in [0.05, 0.1) is 0 Å². The number of benzene rings is 1. The molecule has 1 aromatic carbocycles. The summed E-state index contributed by atoms with van der Waals surface area (Å²) in [5.41, 5.74) is 6.00. The summed E-state index contributed by atoms with van der Waals surface area (Å²) in [7, 11) is 0. The summed E-state index contributed by atoms with van der Waals surface area (Å²) < 4.78 is 0. The van der Waals surface area contributed by atoms with E-state index in [-0.39, 0.29) is 11.3 Å². The van der Waals surface area contributed by atoms with E-state index in [1.165, 1.54) is 0 Å². The van der Waals surface area contributed by atoms with Crippen molar-refractivity contribution in [3.8, 4) is 0 Å². The highest BCUT2D eigenvalue weighted by Gasteiger charge is 2.29. The molecular formula is C16H24ClN3O2. The van der Waals surface area contributed by atoms with Gasteiger partial charge < -0.3 is 16.4 Å². The Labute approximate surface area is 136 Å². The lowest BCUT2D eigenvalue weighted by molar-refractivity contribution is -0.122. The van der Waals surface area contributed by atoms with Crippen LogP contribution in [0.25, 0.3) is 0 Å². The molecule has 122 valence electrons. The maximum atomic E-state index is 12.0. The van der Waals surface area contributed by atoms with E-state index in [2.05, 4.69) is 24.5 Å². The van der Waals surface area contributed by atoms with Gasteiger partial charge in [0.25, 0.3) is 0 Å². The molecule has 0 bridgehead atoms. The van der Waals surface area contributed by atoms with Gasteiger partial charge in [0.15, 0.2) is 0 Å². The molecule has 0 unspecified atom stereocenters. The highest BCUT2D eigenvalue weighted by molar-refractivity contribution is 6.30. The average molecular weight is 326 g/mol. The molecule has 0 aliphatic heterocycles. The van der Waals surface area contributed by atoms with E-state index in [1.54, 1.807) is 6.92 Å². The molecule has 6 heteroatoms. The number of rotatable bonds is 7. The normalized spacial score (nSPS) is 12.5. The fourth-order valence-electron chi connectivity index (χ4n) is 2.50. The summed E-state index contributed by atoms with van der Waals surface area (Å²) in [6, 6.07) is 6.33. The van der Waals surface area contributed by atoms with Gasteiger partial charge in [0.1, 0.15) is 6.04 Å². The molecule has 0 aromatic heterocycles. The third-order valence-corrected chi connectivity index (χ3v) is 4.42. The van der Waals surface area contributed by atoms with Crippen molar-refractivity contribution in [1.29, 1.82) is 0 Å². The Morgan fingerprint density at radius 3 is 2.23 bits per heavy atom. The SMILES string of the molecule is CCC(CC)(CNC(=O)[C@H](C)NC(N)=O)c1ccc(Cl)cc1. The summed E-state index contributed by atoms with van der Waals surface area (Å²) in [5, 5.41) is 5.96. The maximum absolute atomic E-state index is 12.0. The van der Waals surface area contributed by atoms with Gasteiger partial charge in [-0.05, 0) is 37.5 Å². The molecule has 3 amide bonds. The molecule has 5 nitrogen and oxygen atoms in total. The van der Waals surface area contributed by atoms with Crippen LogP contribution in [0.3, 0.4) is 0 Å². The van der Waals surface area contributed by atoms with Crippen LogP contribution < -0.4 is 16.4 Å². The number of nitrogens with one attached hydrogen (secondary N) is 2. The zero-order chi connectivity index (χ0) is 16.8. The van der Waals surface area contributed by atoms with Crippen molar-refractivity contribution in [1.82, 2.24) is 10.6 Å². The summed E-state index contributed by atoms with van der Waals surface area (Å²) >= 11 is 5.94. The fraction of sp³-hybridized carbons (Fsp3) is 0.500. The number of primary amides is 1. The largest absolute Gasteiger partial charge is 0.353 e. The van der Waals surface area contributed by atoms with Gasteiger partial charge in [-0.15, -0.1) is 0 Å². The molecule has 0 saturated carbocycles. The quantitative estimate of drug-likeness (QED) is 0.720. The molecule has 0 aliphatic rings. The Kier molecular flexibility index (Phi) is 6.68. The zero-order valence-corrected chi connectivity index (χ0v) is 14.0. The second-order valence-corrected chi connectivity index (χ2v) is 5.88. The second-order valence-electron chi connectivity index (χ2n) is 5.44. The topological polar surface area (TPSA) is 84.2 Å². The highest BCUT2D eigenvalue weighted by Crippen LogP contribution is 2.31. The van der Waals surface area contributed by atoms with Crippen LogP contribution in [0.15, 0.2) is 24.3 Å². The minimum absolute atomic E-state index is 0.160. The van der Waals surface area contributed by atoms with E-state index in [4.69, 9.17) is 17.3 Å². The van der Waals surface area contributed by atoms with Gasteiger partial charge in [-0.25, -0.2) is 4.79 Å². The molecule has 1 atom stereocenters. The first kappa shape index (κ1) is 18.3. The lowest BCUT2D eigenvalue weighted by atomic mass is 9.75. The predicted octanol–water partition coefficient (Wildman–Crippen LogP) is 2.57. The zero-order valence-electron chi connectivity index (χ0n) is 13.3. The Morgan fingerprint density at radius 2 is 1.77 bits per heavy atom. The summed E-state index contributed by atoms with van der Waals surface area (Å²) in [6.45, 7) is 6.28. The van der Waals surface area contributed by atoms with Crippen LogP contribution in [0.2, 0.25) is 5.02 Å². The molecule has 1 rings (SSSR count). The van der Waals surface area contributed by atoms with E-state index in [0.717, 1.165) is 18.4 Å². The molecular weight excluding hydrogens is 302 g/mol. The highest BCUT2D eigenvalue weighted by atomic mass is 35.5. The molecule has 0 fully saturated rings. The number of carbonyl (C=O) groups excluding carboxylic acids is 2. The van der Waals surface area contributed by atoms with Crippen molar-refractivity contribution in [3.63, 3.8) is 0 Å². The molecule has 0 spiro atoms. The van der Waals surface area contributed by atoms with Crippen molar-refractivity contribution >= 4 is 23.5 Å². The van der Waals surface area contributed by atoms with Crippen LogP contribution in [0, 0.1) is 0 Å². The van der Waals surface area contributed by atoms with Crippen molar-refractivity contribution in [2.45, 2.75) is 45.1 Å². The number of nitrogens with two attached hydrogens (primary N) is 1. The van der Waals surface area contributed by atoms with Gasteiger partial charge in [-0.3, -0.25) is 4.79 Å². The lowest BCUT2D eigenvalue weighted by Gasteiger charge is -2.33. The molecule has 0 aliphatic carbocycles. The van der Waals surface area contributed by atoms with E-state index in [0.29, 0.717) is 11.6 Å². The average Bonchev–Trinajstić information content (AvgIpc) is 2.49. The molecule has 0 saturated heterocycles. The van der Waals surface area contributed by atoms with Crippen molar-refractivity contribution < 1.29 is 9.59 Å². The van der Waals surface area contributed by atoms with Crippen molar-refractivity contribution in [3.05, 3.63) is 34.9 Å². The predicted molar refractivity (Wildman–Crippen MR) is 88.9 cm³/mol. The van der Waals surface area contributed by atoms with Crippen molar-refractivity contribution in [2.24, 2.45) is 5.73 Å². The summed E-state index contributed by atoms with van der Waals surface area (Å²) in [5.74, 6) is -0.251. The Hall–Kier alpha value is -1.75. The Balaban J connectivity index is 2.82. The van der Waals surface area contributed by atoms with Crippen LogP contribution in [0.4, 0.5) is 4.79 Å². The first-order valence-electron chi connectivity index (χ1n) is 7.44. The molecule has 1 aromatic rings. The first-order valence-corrected chi connectivity index (χ1v) is 7.82. The number of hydrogen-bond donors (Lipinski definition) is 3. The Bertz CT molecular complexity index is 513. The van der Waals surface area contributed by atoms with Crippen molar-refractivity contribution in [2.75, 3.05) is 6.54 Å². The smallest absolute Gasteiger partial charge is 0.312 e. The minimum Gasteiger partial charge on any atom is -0.353 e. The standard InChI is InChI=1S/C16H24ClN3O2/c1-4-16(5-2,12-6-8-13(17)9-7-12)10-19-14(21)11(3)20-15(18)22/h6-9,11H,4-5,10H2,1-3H3,(H,19,21)(H3,18,20,22)/t11-/m0/s1. The number of hydrogen-bond acceptors (Lipinski definition) is 2. The van der Waals surface area contributed by atoms with Gasteiger partial charge in [0.2, 0.25) is 5.91 Å². The van der Waals surface area contributed by atoms with E-state index in [1.807, 2.05) is 24.3 Å². The summed E-state index contributed by atoms with van der Waals surface area (Å²) in [4.78, 5) is 22.8. The summed E-state index contributed by atoms with van der Waals surface area (Å²) in [6.07, 6.45) is 1.76. The second kappa shape index (κ2) is 8.03. The van der Waals surface area contributed by atoms with Crippen LogP contribution in [-0.4, -0.2) is 24.5 Å². The molecule has 0 radical (unpaired) electrons. The van der Waals surface area contributed by atoms with Crippen LogP contribution in [0.1, 0.15) is 39.2 Å². The number of halogens is 1.